The largest absolute Gasteiger partial charge is 0.489 e. The Labute approximate surface area is 94.7 Å². The molecule has 0 unspecified atom stereocenters. The molecule has 0 bridgehead atoms. The minimum Gasteiger partial charge on any atom is -0.489 e. The first-order valence-corrected chi connectivity index (χ1v) is 5.07. The summed E-state index contributed by atoms with van der Waals surface area (Å²) in [5, 5.41) is 8.73. The van der Waals surface area contributed by atoms with Crippen molar-refractivity contribution in [2.75, 3.05) is 12.5 Å². The fourth-order valence-corrected chi connectivity index (χ4v) is 1.12. The lowest BCUT2D eigenvalue weighted by Gasteiger charge is -2.09. The number of rotatable bonds is 4. The standard InChI is InChI=1S/C12H12ClNO/c1-9(6-13)8-15-12-5-11(7-14)4-3-10(12)2/h3-5H,1,6,8H2,2H3. The average molecular weight is 222 g/mol. The molecule has 3 heteroatoms. The molecule has 0 aromatic heterocycles. The van der Waals surface area contributed by atoms with Crippen LogP contribution in [0.3, 0.4) is 0 Å². The zero-order valence-electron chi connectivity index (χ0n) is 8.59. The van der Waals surface area contributed by atoms with Gasteiger partial charge in [-0.15, -0.1) is 11.6 Å². The summed E-state index contributed by atoms with van der Waals surface area (Å²) in [6, 6.07) is 7.41. The SMILES string of the molecule is C=C(CCl)COc1cc(C#N)ccc1C. The van der Waals surface area contributed by atoms with Crippen LogP contribution in [0, 0.1) is 18.3 Å². The van der Waals surface area contributed by atoms with E-state index in [4.69, 9.17) is 21.6 Å². The van der Waals surface area contributed by atoms with Crippen LogP contribution in [0.25, 0.3) is 0 Å². The van der Waals surface area contributed by atoms with Crippen LogP contribution in [0.5, 0.6) is 5.75 Å². The van der Waals surface area contributed by atoms with Crippen LogP contribution in [-0.2, 0) is 0 Å². The number of benzene rings is 1. The molecule has 0 saturated carbocycles. The van der Waals surface area contributed by atoms with Crippen LogP contribution in [0.2, 0.25) is 0 Å². The van der Waals surface area contributed by atoms with E-state index in [2.05, 4.69) is 12.6 Å². The van der Waals surface area contributed by atoms with Crippen molar-refractivity contribution in [3.63, 3.8) is 0 Å². The van der Waals surface area contributed by atoms with Gasteiger partial charge < -0.3 is 4.74 Å². The number of hydrogen-bond acceptors (Lipinski definition) is 2. The maximum absolute atomic E-state index is 8.73. The van der Waals surface area contributed by atoms with E-state index in [0.29, 0.717) is 23.8 Å². The number of halogens is 1. The van der Waals surface area contributed by atoms with Gasteiger partial charge in [-0.2, -0.15) is 5.26 Å². The Morgan fingerprint density at radius 2 is 2.33 bits per heavy atom. The lowest BCUT2D eigenvalue weighted by Crippen LogP contribution is -2.02. The third-order valence-corrected chi connectivity index (χ3v) is 2.32. The molecule has 0 atom stereocenters. The molecule has 1 aromatic rings. The van der Waals surface area contributed by atoms with Gasteiger partial charge in [0.2, 0.25) is 0 Å². The molecule has 0 aliphatic heterocycles. The zero-order chi connectivity index (χ0) is 11.3. The molecule has 0 fully saturated rings. The van der Waals surface area contributed by atoms with Gasteiger partial charge in [0, 0.05) is 5.88 Å². The van der Waals surface area contributed by atoms with Crippen molar-refractivity contribution in [3.8, 4) is 11.8 Å². The van der Waals surface area contributed by atoms with Gasteiger partial charge in [0.25, 0.3) is 0 Å². The first-order chi connectivity index (χ1) is 7.17. The van der Waals surface area contributed by atoms with Gasteiger partial charge in [-0.3, -0.25) is 0 Å². The van der Waals surface area contributed by atoms with E-state index in [1.807, 2.05) is 13.0 Å². The van der Waals surface area contributed by atoms with Crippen molar-refractivity contribution >= 4 is 11.6 Å². The number of hydrogen-bond donors (Lipinski definition) is 0. The number of nitrogens with zero attached hydrogens (tertiary/aromatic N) is 1. The molecule has 2 nitrogen and oxygen atoms in total. The highest BCUT2D eigenvalue weighted by atomic mass is 35.5. The Kier molecular flexibility index (Phi) is 4.20. The van der Waals surface area contributed by atoms with Crippen LogP contribution in [0.15, 0.2) is 30.4 Å². The van der Waals surface area contributed by atoms with Crippen molar-refractivity contribution in [2.24, 2.45) is 0 Å². The number of aryl methyl sites for hydroxylation is 1. The van der Waals surface area contributed by atoms with Crippen LogP contribution in [0.4, 0.5) is 0 Å². The van der Waals surface area contributed by atoms with E-state index in [1.165, 1.54) is 0 Å². The maximum Gasteiger partial charge on any atom is 0.124 e. The normalized spacial score (nSPS) is 9.40. The molecular formula is C12H12ClNO. The van der Waals surface area contributed by atoms with Gasteiger partial charge in [-0.1, -0.05) is 12.6 Å². The summed E-state index contributed by atoms with van der Waals surface area (Å²) in [6.07, 6.45) is 0. The van der Waals surface area contributed by atoms with Crippen molar-refractivity contribution in [3.05, 3.63) is 41.5 Å². The summed E-state index contributed by atoms with van der Waals surface area (Å²) < 4.78 is 5.50. The second kappa shape index (κ2) is 5.43. The molecule has 15 heavy (non-hydrogen) atoms. The van der Waals surface area contributed by atoms with Crippen LogP contribution in [0.1, 0.15) is 11.1 Å². The predicted octanol–water partition coefficient (Wildman–Crippen LogP) is 3.04. The summed E-state index contributed by atoms with van der Waals surface area (Å²) in [6.45, 7) is 6.06. The minimum absolute atomic E-state index is 0.386. The predicted molar refractivity (Wildman–Crippen MR) is 61.2 cm³/mol. The molecule has 0 aliphatic rings. The average Bonchev–Trinajstić information content (AvgIpc) is 2.27. The molecule has 1 aromatic carbocycles. The smallest absolute Gasteiger partial charge is 0.124 e. The van der Waals surface area contributed by atoms with Gasteiger partial charge in [0.05, 0.1) is 11.6 Å². The fourth-order valence-electron chi connectivity index (χ4n) is 1.04. The number of ether oxygens (including phenoxy) is 1. The highest BCUT2D eigenvalue weighted by Gasteiger charge is 2.02. The Morgan fingerprint density at radius 3 is 2.93 bits per heavy atom. The first-order valence-electron chi connectivity index (χ1n) is 4.53. The van der Waals surface area contributed by atoms with E-state index < -0.39 is 0 Å². The molecule has 0 N–H and O–H groups in total. The molecule has 1 rings (SSSR count). The van der Waals surface area contributed by atoms with E-state index in [1.54, 1.807) is 12.1 Å². The van der Waals surface area contributed by atoms with Crippen molar-refractivity contribution in [2.45, 2.75) is 6.92 Å². The van der Waals surface area contributed by atoms with Crippen LogP contribution >= 0.6 is 11.6 Å². The van der Waals surface area contributed by atoms with Crippen molar-refractivity contribution in [1.29, 1.82) is 5.26 Å². The second-order valence-electron chi connectivity index (χ2n) is 3.26. The van der Waals surface area contributed by atoms with Gasteiger partial charge in [-0.25, -0.2) is 0 Å². The Hall–Kier alpha value is -1.46. The molecule has 0 heterocycles. The molecule has 0 saturated heterocycles. The van der Waals surface area contributed by atoms with Crippen LogP contribution < -0.4 is 4.74 Å². The highest BCUT2D eigenvalue weighted by molar-refractivity contribution is 6.19. The summed E-state index contributed by atoms with van der Waals surface area (Å²) >= 11 is 5.58. The Bertz CT molecular complexity index is 407. The number of nitriles is 1. The van der Waals surface area contributed by atoms with Gasteiger partial charge in [-0.05, 0) is 30.2 Å². The summed E-state index contributed by atoms with van der Waals surface area (Å²) in [5.74, 6) is 1.09. The Morgan fingerprint density at radius 1 is 1.60 bits per heavy atom. The quantitative estimate of drug-likeness (QED) is 0.578. The zero-order valence-corrected chi connectivity index (χ0v) is 9.34. The summed E-state index contributed by atoms with van der Waals surface area (Å²) in [4.78, 5) is 0. The lowest BCUT2D eigenvalue weighted by molar-refractivity contribution is 0.350. The first kappa shape index (κ1) is 11.6. The Balaban J connectivity index is 2.76. The van der Waals surface area contributed by atoms with E-state index in [0.717, 1.165) is 11.1 Å². The number of alkyl halides is 1. The molecule has 0 spiro atoms. The summed E-state index contributed by atoms with van der Waals surface area (Å²) in [5.41, 5.74) is 2.40. The second-order valence-corrected chi connectivity index (χ2v) is 3.53. The van der Waals surface area contributed by atoms with Gasteiger partial charge in [0.1, 0.15) is 12.4 Å². The monoisotopic (exact) mass is 221 g/mol. The topological polar surface area (TPSA) is 33.0 Å². The van der Waals surface area contributed by atoms with Gasteiger partial charge >= 0.3 is 0 Å². The summed E-state index contributed by atoms with van der Waals surface area (Å²) in [7, 11) is 0. The van der Waals surface area contributed by atoms with Gasteiger partial charge in [0.15, 0.2) is 0 Å². The van der Waals surface area contributed by atoms with Crippen LogP contribution in [-0.4, -0.2) is 12.5 Å². The molecule has 78 valence electrons. The van der Waals surface area contributed by atoms with Crippen molar-refractivity contribution in [1.82, 2.24) is 0 Å². The molecule has 0 amide bonds. The van der Waals surface area contributed by atoms with E-state index >= 15 is 0 Å². The molecular weight excluding hydrogens is 210 g/mol. The maximum atomic E-state index is 8.73. The van der Waals surface area contributed by atoms with Crippen molar-refractivity contribution < 1.29 is 4.74 Å². The third-order valence-electron chi connectivity index (χ3n) is 1.94. The molecule has 0 radical (unpaired) electrons. The van der Waals surface area contributed by atoms with E-state index in [9.17, 15) is 0 Å². The fraction of sp³-hybridized carbons (Fsp3) is 0.250. The minimum atomic E-state index is 0.386. The van der Waals surface area contributed by atoms with E-state index in [-0.39, 0.29) is 0 Å². The third kappa shape index (κ3) is 3.30. The highest BCUT2D eigenvalue weighted by Crippen LogP contribution is 2.19. The lowest BCUT2D eigenvalue weighted by atomic mass is 10.1. The molecule has 0 aliphatic carbocycles.